The second-order valence-electron chi connectivity index (χ2n) is 6.45. The molecule has 0 saturated carbocycles. The number of amides is 2. The molecule has 0 aromatic heterocycles. The first-order valence-corrected chi connectivity index (χ1v) is 9.98. The zero-order valence-corrected chi connectivity index (χ0v) is 17.8. The number of halogens is 1. The lowest BCUT2D eigenvalue weighted by atomic mass is 10.2. The van der Waals surface area contributed by atoms with Crippen LogP contribution in [0.25, 0.3) is 0 Å². The standard InChI is InChI=1S/C23H20BrN3O3/c1-16-7-10-20(11-8-16)26-22(28)15-30-21-12-9-19(24)13-18(21)14-25-27-23(29)17-5-3-2-4-6-17/h2-14H,15H2,1H3,(H,26,28)(H,27,29)/b25-14+. The van der Waals surface area contributed by atoms with Crippen LogP contribution in [0.1, 0.15) is 21.5 Å². The minimum absolute atomic E-state index is 0.160. The Labute approximate surface area is 183 Å². The number of ether oxygens (including phenoxy) is 1. The summed E-state index contributed by atoms with van der Waals surface area (Å²) in [6, 6.07) is 21.6. The third-order valence-corrected chi connectivity index (χ3v) is 4.56. The van der Waals surface area contributed by atoms with Gasteiger partial charge in [0.1, 0.15) is 5.75 Å². The van der Waals surface area contributed by atoms with E-state index in [1.165, 1.54) is 6.21 Å². The lowest BCUT2D eigenvalue weighted by Crippen LogP contribution is -2.20. The molecule has 30 heavy (non-hydrogen) atoms. The average Bonchev–Trinajstić information content (AvgIpc) is 2.75. The summed E-state index contributed by atoms with van der Waals surface area (Å²) in [5.74, 6) is -0.126. The Hall–Kier alpha value is -3.45. The molecule has 7 heteroatoms. The summed E-state index contributed by atoms with van der Waals surface area (Å²) in [6.45, 7) is 1.82. The molecule has 3 aromatic rings. The molecule has 0 heterocycles. The van der Waals surface area contributed by atoms with E-state index in [1.54, 1.807) is 42.5 Å². The Balaban J connectivity index is 1.61. The topological polar surface area (TPSA) is 79.8 Å². The maximum absolute atomic E-state index is 12.2. The van der Waals surface area contributed by atoms with E-state index in [1.807, 2.05) is 37.3 Å². The number of aryl methyl sites for hydroxylation is 1. The number of nitrogens with one attached hydrogen (secondary N) is 2. The van der Waals surface area contributed by atoms with Crippen molar-refractivity contribution in [2.45, 2.75) is 6.92 Å². The third kappa shape index (κ3) is 6.28. The van der Waals surface area contributed by atoms with E-state index in [0.717, 1.165) is 10.0 Å². The van der Waals surface area contributed by atoms with E-state index >= 15 is 0 Å². The molecule has 0 radical (unpaired) electrons. The van der Waals surface area contributed by atoms with Crippen molar-refractivity contribution in [3.05, 3.63) is 94.0 Å². The smallest absolute Gasteiger partial charge is 0.271 e. The molecule has 0 unspecified atom stereocenters. The quantitative estimate of drug-likeness (QED) is 0.397. The summed E-state index contributed by atoms with van der Waals surface area (Å²) in [6.07, 6.45) is 1.47. The number of rotatable bonds is 7. The van der Waals surface area contributed by atoms with Gasteiger partial charge in [0.25, 0.3) is 11.8 Å². The number of anilines is 1. The molecule has 0 aliphatic rings. The first-order valence-electron chi connectivity index (χ1n) is 9.18. The van der Waals surface area contributed by atoms with Gasteiger partial charge in [-0.25, -0.2) is 5.43 Å². The van der Waals surface area contributed by atoms with Crippen LogP contribution in [0.3, 0.4) is 0 Å². The van der Waals surface area contributed by atoms with E-state index in [2.05, 4.69) is 31.8 Å². The minimum Gasteiger partial charge on any atom is -0.483 e. The molecule has 2 N–H and O–H groups in total. The van der Waals surface area contributed by atoms with Crippen molar-refractivity contribution in [3.63, 3.8) is 0 Å². The van der Waals surface area contributed by atoms with Crippen LogP contribution in [0.5, 0.6) is 5.75 Å². The fourth-order valence-electron chi connectivity index (χ4n) is 2.54. The van der Waals surface area contributed by atoms with Gasteiger partial charge in [0.05, 0.1) is 6.21 Å². The minimum atomic E-state index is -0.318. The molecule has 3 aromatic carbocycles. The monoisotopic (exact) mass is 465 g/mol. The molecule has 6 nitrogen and oxygen atoms in total. The van der Waals surface area contributed by atoms with Gasteiger partial charge in [-0.15, -0.1) is 0 Å². The number of nitrogens with zero attached hydrogens (tertiary/aromatic N) is 1. The number of hydrazone groups is 1. The molecule has 2 amide bonds. The highest BCUT2D eigenvalue weighted by molar-refractivity contribution is 9.10. The second kappa shape index (κ2) is 10.4. The fourth-order valence-corrected chi connectivity index (χ4v) is 2.92. The van der Waals surface area contributed by atoms with E-state index in [9.17, 15) is 9.59 Å². The molecule has 152 valence electrons. The van der Waals surface area contributed by atoms with Gasteiger partial charge in [-0.1, -0.05) is 51.8 Å². The first-order chi connectivity index (χ1) is 14.5. The van der Waals surface area contributed by atoms with Crippen LogP contribution in [0.2, 0.25) is 0 Å². The predicted octanol–water partition coefficient (Wildman–Crippen LogP) is 4.54. The molecule has 0 aliphatic carbocycles. The highest BCUT2D eigenvalue weighted by atomic mass is 79.9. The lowest BCUT2D eigenvalue weighted by molar-refractivity contribution is -0.118. The Morgan fingerprint density at radius 1 is 1.03 bits per heavy atom. The van der Waals surface area contributed by atoms with Crippen LogP contribution in [0.4, 0.5) is 5.69 Å². The molecule has 0 fully saturated rings. The molecular weight excluding hydrogens is 446 g/mol. The van der Waals surface area contributed by atoms with Crippen LogP contribution in [0.15, 0.2) is 82.4 Å². The Bertz CT molecular complexity index is 1050. The van der Waals surface area contributed by atoms with Crippen LogP contribution in [0, 0.1) is 6.92 Å². The Morgan fingerprint density at radius 3 is 2.50 bits per heavy atom. The summed E-state index contributed by atoms with van der Waals surface area (Å²) in [5.41, 5.74) is 5.41. The number of benzene rings is 3. The Kier molecular flexibility index (Phi) is 7.34. The van der Waals surface area contributed by atoms with Crippen LogP contribution < -0.4 is 15.5 Å². The van der Waals surface area contributed by atoms with Gasteiger partial charge in [0, 0.05) is 21.3 Å². The second-order valence-corrected chi connectivity index (χ2v) is 7.37. The number of hydrogen-bond donors (Lipinski definition) is 2. The van der Waals surface area contributed by atoms with Crippen molar-refractivity contribution < 1.29 is 14.3 Å². The molecular formula is C23H20BrN3O3. The summed E-state index contributed by atoms with van der Waals surface area (Å²) in [7, 11) is 0. The van der Waals surface area contributed by atoms with Gasteiger partial charge in [-0.3, -0.25) is 9.59 Å². The highest BCUT2D eigenvalue weighted by Gasteiger charge is 2.08. The van der Waals surface area contributed by atoms with E-state index < -0.39 is 0 Å². The summed E-state index contributed by atoms with van der Waals surface area (Å²) >= 11 is 3.40. The van der Waals surface area contributed by atoms with Crippen molar-refractivity contribution >= 4 is 39.6 Å². The number of carbonyl (C=O) groups excluding carboxylic acids is 2. The normalized spacial score (nSPS) is 10.6. The van der Waals surface area contributed by atoms with Gasteiger partial charge >= 0.3 is 0 Å². The van der Waals surface area contributed by atoms with Gasteiger partial charge < -0.3 is 10.1 Å². The number of hydrogen-bond acceptors (Lipinski definition) is 4. The van der Waals surface area contributed by atoms with E-state index in [0.29, 0.717) is 22.6 Å². The van der Waals surface area contributed by atoms with Crippen molar-refractivity contribution in [2.75, 3.05) is 11.9 Å². The van der Waals surface area contributed by atoms with E-state index in [4.69, 9.17) is 4.74 Å². The largest absolute Gasteiger partial charge is 0.483 e. The van der Waals surface area contributed by atoms with Gasteiger partial charge in [-0.2, -0.15) is 5.10 Å². The SMILES string of the molecule is Cc1ccc(NC(=O)COc2ccc(Br)cc2/C=N/NC(=O)c2ccccc2)cc1. The zero-order chi connectivity index (χ0) is 21.3. The Morgan fingerprint density at radius 2 is 1.77 bits per heavy atom. The maximum atomic E-state index is 12.2. The van der Waals surface area contributed by atoms with Crippen molar-refractivity contribution in [1.29, 1.82) is 0 Å². The molecule has 0 bridgehead atoms. The summed E-state index contributed by atoms with van der Waals surface area (Å²) < 4.78 is 6.47. The first kappa shape index (κ1) is 21.3. The molecule has 0 spiro atoms. The van der Waals surface area contributed by atoms with E-state index in [-0.39, 0.29) is 18.4 Å². The average molecular weight is 466 g/mol. The van der Waals surface area contributed by atoms with Gasteiger partial charge in [0.2, 0.25) is 0 Å². The molecule has 0 atom stereocenters. The fraction of sp³-hybridized carbons (Fsp3) is 0.0870. The predicted molar refractivity (Wildman–Crippen MR) is 121 cm³/mol. The highest BCUT2D eigenvalue weighted by Crippen LogP contribution is 2.22. The lowest BCUT2D eigenvalue weighted by Gasteiger charge is -2.10. The van der Waals surface area contributed by atoms with Crippen molar-refractivity contribution in [3.8, 4) is 5.75 Å². The van der Waals surface area contributed by atoms with Gasteiger partial charge in [0.15, 0.2) is 6.61 Å². The van der Waals surface area contributed by atoms with Gasteiger partial charge in [-0.05, 0) is 49.4 Å². The van der Waals surface area contributed by atoms with Crippen LogP contribution in [-0.2, 0) is 4.79 Å². The molecule has 0 aliphatic heterocycles. The summed E-state index contributed by atoms with van der Waals surface area (Å²) in [5, 5.41) is 6.78. The van der Waals surface area contributed by atoms with Crippen LogP contribution in [-0.4, -0.2) is 24.6 Å². The van der Waals surface area contributed by atoms with Crippen molar-refractivity contribution in [1.82, 2.24) is 5.43 Å². The van der Waals surface area contributed by atoms with Crippen molar-refractivity contribution in [2.24, 2.45) is 5.10 Å². The van der Waals surface area contributed by atoms with Crippen LogP contribution >= 0.6 is 15.9 Å². The summed E-state index contributed by atoms with van der Waals surface area (Å²) in [4.78, 5) is 24.3. The third-order valence-electron chi connectivity index (χ3n) is 4.07. The maximum Gasteiger partial charge on any atom is 0.271 e. The molecule has 0 saturated heterocycles. The number of carbonyl (C=O) groups is 2. The zero-order valence-electron chi connectivity index (χ0n) is 16.3. The molecule has 3 rings (SSSR count).